The molecule has 1 rings (SSSR count). The van der Waals surface area contributed by atoms with Crippen molar-refractivity contribution in [1.29, 1.82) is 0 Å². The van der Waals surface area contributed by atoms with E-state index in [4.69, 9.17) is 5.73 Å². The number of hydrogen-bond acceptors (Lipinski definition) is 3. The van der Waals surface area contributed by atoms with Gasteiger partial charge in [-0.15, -0.1) is 0 Å². The molecule has 1 aromatic rings. The van der Waals surface area contributed by atoms with Crippen molar-refractivity contribution in [3.8, 4) is 0 Å². The van der Waals surface area contributed by atoms with Gasteiger partial charge in [0.1, 0.15) is 6.61 Å². The fourth-order valence-corrected chi connectivity index (χ4v) is 1.91. The molecule has 3 nitrogen and oxygen atoms in total. The third-order valence-corrected chi connectivity index (χ3v) is 3.01. The third kappa shape index (κ3) is 5.12. The van der Waals surface area contributed by atoms with E-state index < -0.39 is 19.1 Å². The Morgan fingerprint density at radius 2 is 2.11 bits per heavy atom. The lowest BCUT2D eigenvalue weighted by Gasteiger charge is -2.20. The van der Waals surface area contributed by atoms with Crippen molar-refractivity contribution in [2.24, 2.45) is 0 Å². The predicted molar refractivity (Wildman–Crippen MR) is 73.6 cm³/mol. The minimum absolute atomic E-state index is 0.0770. The number of nitrogens with two attached hydrogens (primary N) is 1. The quantitative estimate of drug-likeness (QED) is 0.749. The van der Waals surface area contributed by atoms with Gasteiger partial charge in [0.05, 0.1) is 6.54 Å². The Morgan fingerprint density at radius 3 is 2.74 bits per heavy atom. The van der Waals surface area contributed by atoms with Crippen LogP contribution in [0.3, 0.4) is 0 Å². The molecule has 0 unspecified atom stereocenters. The van der Waals surface area contributed by atoms with Gasteiger partial charge in [0, 0.05) is 18.8 Å². The van der Waals surface area contributed by atoms with Gasteiger partial charge < -0.3 is 15.8 Å². The number of anilines is 1. The molecule has 1 atom stereocenters. The first-order chi connectivity index (χ1) is 8.85. The first-order valence-corrected chi connectivity index (χ1v) is 6.30. The van der Waals surface area contributed by atoms with E-state index in [9.17, 15) is 8.78 Å². The molecule has 0 fully saturated rings. The molecule has 1 aromatic carbocycles. The van der Waals surface area contributed by atoms with E-state index >= 15 is 0 Å². The topological polar surface area (TPSA) is 47.3 Å². The summed E-state index contributed by atoms with van der Waals surface area (Å²) in [5.41, 5.74) is 8.69. The summed E-state index contributed by atoms with van der Waals surface area (Å²) in [5.74, 6) is -2.85. The largest absolute Gasteiger partial charge is 0.398 e. The van der Waals surface area contributed by atoms with Crippen LogP contribution in [0.15, 0.2) is 18.2 Å². The number of alkyl halides is 2. The maximum atomic E-state index is 13.3. The highest BCUT2D eigenvalue weighted by molar-refractivity contribution is 5.53. The van der Waals surface area contributed by atoms with Gasteiger partial charge in [-0.25, -0.2) is 8.78 Å². The van der Waals surface area contributed by atoms with E-state index in [1.165, 1.54) is 7.11 Å². The zero-order valence-electron chi connectivity index (χ0n) is 11.7. The van der Waals surface area contributed by atoms with Crippen LogP contribution in [0.2, 0.25) is 0 Å². The van der Waals surface area contributed by atoms with Crippen LogP contribution < -0.4 is 11.1 Å². The Bertz CT molecular complexity index is 410. The molecule has 0 spiro atoms. The van der Waals surface area contributed by atoms with Gasteiger partial charge >= 0.3 is 0 Å². The first kappa shape index (κ1) is 15.9. The third-order valence-electron chi connectivity index (χ3n) is 3.01. The maximum absolute atomic E-state index is 13.3. The van der Waals surface area contributed by atoms with E-state index in [1.807, 2.05) is 32.0 Å². The summed E-state index contributed by atoms with van der Waals surface area (Å²) >= 11 is 0. The summed E-state index contributed by atoms with van der Waals surface area (Å²) in [6.07, 6.45) is 0.622. The van der Waals surface area contributed by atoms with Gasteiger partial charge in [-0.2, -0.15) is 0 Å². The number of benzene rings is 1. The van der Waals surface area contributed by atoms with E-state index in [0.29, 0.717) is 6.42 Å². The van der Waals surface area contributed by atoms with Gasteiger partial charge in [-0.1, -0.05) is 18.2 Å². The Morgan fingerprint density at radius 1 is 1.42 bits per heavy atom. The lowest BCUT2D eigenvalue weighted by atomic mass is 10.0. The van der Waals surface area contributed by atoms with Crippen molar-refractivity contribution in [3.05, 3.63) is 29.3 Å². The second-order valence-corrected chi connectivity index (χ2v) is 4.92. The molecule has 5 heteroatoms. The highest BCUT2D eigenvalue weighted by atomic mass is 19.3. The number of halogens is 2. The molecule has 0 aliphatic carbocycles. The van der Waals surface area contributed by atoms with Crippen molar-refractivity contribution in [2.75, 3.05) is 26.0 Å². The molecule has 108 valence electrons. The molecule has 0 heterocycles. The van der Waals surface area contributed by atoms with Crippen LogP contribution >= 0.6 is 0 Å². The SMILES string of the molecule is COCC(F)(F)CN[C@H](C)Cc1cccc(C)c1N. The molecule has 0 radical (unpaired) electrons. The van der Waals surface area contributed by atoms with Crippen LogP contribution in [-0.4, -0.2) is 32.2 Å². The normalized spacial score (nSPS) is 13.5. The Labute approximate surface area is 113 Å². The van der Waals surface area contributed by atoms with Crippen molar-refractivity contribution in [2.45, 2.75) is 32.2 Å². The average molecular weight is 272 g/mol. The van der Waals surface area contributed by atoms with Gasteiger partial charge in [-0.05, 0) is 31.4 Å². The van der Waals surface area contributed by atoms with Crippen molar-refractivity contribution < 1.29 is 13.5 Å². The van der Waals surface area contributed by atoms with Crippen LogP contribution in [-0.2, 0) is 11.2 Å². The molecule has 0 amide bonds. The van der Waals surface area contributed by atoms with Crippen molar-refractivity contribution in [3.63, 3.8) is 0 Å². The molecule has 0 aliphatic rings. The maximum Gasteiger partial charge on any atom is 0.283 e. The van der Waals surface area contributed by atoms with Gasteiger partial charge in [0.2, 0.25) is 0 Å². The molecule has 0 saturated heterocycles. The number of nitrogen functional groups attached to an aromatic ring is 1. The molecule has 0 aliphatic heterocycles. The molecule has 3 N–H and O–H groups in total. The minimum atomic E-state index is -2.85. The van der Waals surface area contributed by atoms with Gasteiger partial charge in [0.25, 0.3) is 5.92 Å². The fraction of sp³-hybridized carbons (Fsp3) is 0.571. The van der Waals surface area contributed by atoms with Crippen LogP contribution in [0.5, 0.6) is 0 Å². The number of methoxy groups -OCH3 is 1. The zero-order valence-corrected chi connectivity index (χ0v) is 11.7. The Balaban J connectivity index is 2.51. The average Bonchev–Trinajstić information content (AvgIpc) is 2.33. The monoisotopic (exact) mass is 272 g/mol. The molecular formula is C14H22F2N2O. The lowest BCUT2D eigenvalue weighted by Crippen LogP contribution is -2.41. The Kier molecular flexibility index (Phi) is 5.69. The summed E-state index contributed by atoms with van der Waals surface area (Å²) < 4.78 is 31.0. The summed E-state index contributed by atoms with van der Waals surface area (Å²) in [6.45, 7) is 2.83. The second-order valence-electron chi connectivity index (χ2n) is 4.92. The molecule has 19 heavy (non-hydrogen) atoms. The summed E-state index contributed by atoms with van der Waals surface area (Å²) in [5, 5.41) is 2.82. The predicted octanol–water partition coefficient (Wildman–Crippen LogP) is 2.38. The number of nitrogens with one attached hydrogen (secondary N) is 1. The number of aryl methyl sites for hydroxylation is 1. The summed E-state index contributed by atoms with van der Waals surface area (Å²) in [4.78, 5) is 0. The van der Waals surface area contributed by atoms with E-state index in [-0.39, 0.29) is 6.04 Å². The molecular weight excluding hydrogens is 250 g/mol. The highest BCUT2D eigenvalue weighted by Gasteiger charge is 2.28. The molecule has 0 saturated carbocycles. The number of hydrogen-bond donors (Lipinski definition) is 2. The van der Waals surface area contributed by atoms with Crippen molar-refractivity contribution >= 4 is 5.69 Å². The van der Waals surface area contributed by atoms with Crippen LogP contribution in [0, 0.1) is 6.92 Å². The standard InChI is InChI=1S/C14H22F2N2O/c1-10-5-4-6-12(13(10)17)7-11(2)18-8-14(15,16)9-19-3/h4-6,11,18H,7-9,17H2,1-3H3/t11-/m1/s1. The first-order valence-electron chi connectivity index (χ1n) is 6.30. The smallest absolute Gasteiger partial charge is 0.283 e. The van der Waals surface area contributed by atoms with Gasteiger partial charge in [-0.3, -0.25) is 0 Å². The molecule has 0 bridgehead atoms. The zero-order chi connectivity index (χ0) is 14.5. The minimum Gasteiger partial charge on any atom is -0.398 e. The number of ether oxygens (including phenoxy) is 1. The lowest BCUT2D eigenvalue weighted by molar-refractivity contribution is -0.0629. The van der Waals surface area contributed by atoms with Crippen LogP contribution in [0.25, 0.3) is 0 Å². The second kappa shape index (κ2) is 6.82. The van der Waals surface area contributed by atoms with E-state index in [2.05, 4.69) is 10.1 Å². The van der Waals surface area contributed by atoms with E-state index in [1.54, 1.807) is 0 Å². The highest BCUT2D eigenvalue weighted by Crippen LogP contribution is 2.18. The summed E-state index contributed by atoms with van der Waals surface area (Å²) in [6, 6.07) is 5.71. The van der Waals surface area contributed by atoms with E-state index in [0.717, 1.165) is 16.8 Å². The number of para-hydroxylation sites is 1. The van der Waals surface area contributed by atoms with Crippen LogP contribution in [0.1, 0.15) is 18.1 Å². The van der Waals surface area contributed by atoms with Crippen LogP contribution in [0.4, 0.5) is 14.5 Å². The van der Waals surface area contributed by atoms with Gasteiger partial charge in [0.15, 0.2) is 0 Å². The fourth-order valence-electron chi connectivity index (χ4n) is 1.91. The molecule has 0 aromatic heterocycles. The summed E-state index contributed by atoms with van der Waals surface area (Å²) in [7, 11) is 1.27. The number of rotatable bonds is 7. The Hall–Kier alpha value is -1.20. The van der Waals surface area contributed by atoms with Crippen molar-refractivity contribution in [1.82, 2.24) is 5.32 Å².